The van der Waals surface area contributed by atoms with E-state index in [4.69, 9.17) is 0 Å². The van der Waals surface area contributed by atoms with Crippen molar-refractivity contribution in [3.63, 3.8) is 0 Å². The first-order chi connectivity index (χ1) is 14.6. The van der Waals surface area contributed by atoms with Crippen LogP contribution in [0.5, 0.6) is 0 Å². The highest BCUT2D eigenvalue weighted by Crippen LogP contribution is 2.37. The van der Waals surface area contributed by atoms with Crippen LogP contribution < -0.4 is 20.9 Å². The van der Waals surface area contributed by atoms with Crippen LogP contribution in [0.25, 0.3) is 0 Å². The average molecular weight is 433 g/mol. The predicted octanol–water partition coefficient (Wildman–Crippen LogP) is 3.41. The van der Waals surface area contributed by atoms with Crippen LogP contribution in [0.4, 0.5) is 36.1 Å². The van der Waals surface area contributed by atoms with E-state index in [9.17, 15) is 22.8 Å². The monoisotopic (exact) mass is 433 g/mol. The number of fused-ring (bicyclic) bond motifs is 1. The minimum absolute atomic E-state index is 0.00306. The van der Waals surface area contributed by atoms with Gasteiger partial charge in [-0.15, -0.1) is 0 Å². The number of anilines is 4. The van der Waals surface area contributed by atoms with Gasteiger partial charge in [-0.25, -0.2) is 18.2 Å². The number of pyridine rings is 1. The number of aryl methyl sites for hydroxylation is 1. The molecule has 31 heavy (non-hydrogen) atoms. The summed E-state index contributed by atoms with van der Waals surface area (Å²) in [6.45, 7) is 3.63. The lowest BCUT2D eigenvalue weighted by atomic mass is 9.79. The Labute approximate surface area is 177 Å². The van der Waals surface area contributed by atoms with Crippen LogP contribution in [0, 0.1) is 30.3 Å². The lowest BCUT2D eigenvalue weighted by molar-refractivity contribution is -0.122. The number of carbonyl (C=O) groups excluding carboxylic acids is 2. The molecule has 2 aliphatic rings. The van der Waals surface area contributed by atoms with Gasteiger partial charge in [-0.05, 0) is 26.7 Å². The first kappa shape index (κ1) is 21.0. The van der Waals surface area contributed by atoms with Gasteiger partial charge in [0.1, 0.15) is 11.9 Å². The second-order valence-corrected chi connectivity index (χ2v) is 8.02. The standard InChI is InChI=1S/C21H22F3N5O2/c1-9-19-16(29(3)10(2)20(30)28-19)8-17(25-9)26-12-4-11(5-12)21(31)27-13-6-14(22)18(24)15(23)7-13/h6-8,10-12H,4-5H2,1-3H3,(H,25,26)(H,27,31)(H,28,30)/t10-,11?,12?/m0/s1. The highest BCUT2D eigenvalue weighted by atomic mass is 19.2. The summed E-state index contributed by atoms with van der Waals surface area (Å²) in [6, 6.07) is 3.06. The van der Waals surface area contributed by atoms with Crippen molar-refractivity contribution in [1.82, 2.24) is 4.98 Å². The van der Waals surface area contributed by atoms with E-state index in [2.05, 4.69) is 20.9 Å². The molecular weight excluding hydrogens is 411 g/mol. The van der Waals surface area contributed by atoms with Crippen LogP contribution in [0.3, 0.4) is 0 Å². The fourth-order valence-electron chi connectivity index (χ4n) is 3.81. The van der Waals surface area contributed by atoms with Crippen molar-refractivity contribution in [3.05, 3.63) is 41.3 Å². The van der Waals surface area contributed by atoms with Crippen LogP contribution in [0.2, 0.25) is 0 Å². The molecule has 2 heterocycles. The van der Waals surface area contributed by atoms with Crippen LogP contribution >= 0.6 is 0 Å². The molecule has 3 N–H and O–H groups in total. The van der Waals surface area contributed by atoms with Crippen molar-refractivity contribution in [2.45, 2.75) is 38.8 Å². The number of carbonyl (C=O) groups is 2. The molecule has 1 atom stereocenters. The Kier molecular flexibility index (Phi) is 5.24. The van der Waals surface area contributed by atoms with Gasteiger partial charge in [0.2, 0.25) is 11.8 Å². The fourth-order valence-corrected chi connectivity index (χ4v) is 3.81. The molecule has 1 aliphatic heterocycles. The van der Waals surface area contributed by atoms with Crippen LogP contribution in [-0.2, 0) is 9.59 Å². The van der Waals surface area contributed by atoms with Gasteiger partial charge in [0.05, 0.1) is 17.1 Å². The van der Waals surface area contributed by atoms with Crippen molar-refractivity contribution in [2.24, 2.45) is 5.92 Å². The maximum atomic E-state index is 13.3. The summed E-state index contributed by atoms with van der Waals surface area (Å²) in [4.78, 5) is 30.7. The first-order valence-electron chi connectivity index (χ1n) is 9.91. The Morgan fingerprint density at radius 3 is 2.48 bits per heavy atom. The summed E-state index contributed by atoms with van der Waals surface area (Å²) in [5.74, 6) is -4.45. The Hall–Kier alpha value is -3.30. The highest BCUT2D eigenvalue weighted by molar-refractivity contribution is 6.04. The van der Waals surface area contributed by atoms with E-state index in [0.29, 0.717) is 30.0 Å². The zero-order chi connectivity index (χ0) is 22.4. The third kappa shape index (κ3) is 3.89. The molecule has 0 unspecified atom stereocenters. The molecule has 2 aromatic rings. The average Bonchev–Trinajstić information content (AvgIpc) is 2.67. The van der Waals surface area contributed by atoms with Gasteiger partial charge < -0.3 is 20.9 Å². The summed E-state index contributed by atoms with van der Waals surface area (Å²) in [5.41, 5.74) is 2.10. The summed E-state index contributed by atoms with van der Waals surface area (Å²) >= 11 is 0. The number of amides is 2. The molecule has 4 rings (SSSR count). The maximum absolute atomic E-state index is 13.3. The first-order valence-corrected chi connectivity index (χ1v) is 9.91. The second kappa shape index (κ2) is 7.75. The van der Waals surface area contributed by atoms with E-state index in [1.807, 2.05) is 31.9 Å². The number of likely N-dealkylation sites (N-methyl/N-ethyl adjacent to an activating group) is 1. The maximum Gasteiger partial charge on any atom is 0.246 e. The summed E-state index contributed by atoms with van der Waals surface area (Å²) in [6.07, 6.45) is 1.03. The molecule has 1 aliphatic carbocycles. The van der Waals surface area contributed by atoms with Gasteiger partial charge in [-0.2, -0.15) is 0 Å². The fraction of sp³-hybridized carbons (Fsp3) is 0.381. The van der Waals surface area contributed by atoms with Crippen molar-refractivity contribution in [3.8, 4) is 0 Å². The Bertz CT molecular complexity index is 1050. The smallest absolute Gasteiger partial charge is 0.246 e. The van der Waals surface area contributed by atoms with E-state index < -0.39 is 17.5 Å². The quantitative estimate of drug-likeness (QED) is 0.644. The van der Waals surface area contributed by atoms with E-state index in [1.165, 1.54) is 0 Å². The molecule has 164 valence electrons. The second-order valence-electron chi connectivity index (χ2n) is 8.02. The number of nitrogens with zero attached hydrogens (tertiary/aromatic N) is 2. The van der Waals surface area contributed by atoms with Crippen molar-refractivity contribution < 1.29 is 22.8 Å². The number of halogens is 3. The zero-order valence-electron chi connectivity index (χ0n) is 17.2. The lowest BCUT2D eigenvalue weighted by Gasteiger charge is -2.37. The van der Waals surface area contributed by atoms with E-state index >= 15 is 0 Å². The van der Waals surface area contributed by atoms with Crippen LogP contribution in [0.15, 0.2) is 18.2 Å². The minimum Gasteiger partial charge on any atom is -0.367 e. The third-order valence-electron chi connectivity index (χ3n) is 5.88. The van der Waals surface area contributed by atoms with Gasteiger partial charge in [0, 0.05) is 42.9 Å². The lowest BCUT2D eigenvalue weighted by Crippen LogP contribution is -2.44. The van der Waals surface area contributed by atoms with Crippen LogP contribution in [0.1, 0.15) is 25.5 Å². The zero-order valence-corrected chi connectivity index (χ0v) is 17.2. The van der Waals surface area contributed by atoms with E-state index in [0.717, 1.165) is 17.8 Å². The molecule has 2 amide bonds. The number of rotatable bonds is 4. The van der Waals surface area contributed by atoms with Crippen molar-refractivity contribution in [2.75, 3.05) is 27.9 Å². The van der Waals surface area contributed by atoms with Crippen molar-refractivity contribution >= 4 is 34.7 Å². The molecule has 1 saturated carbocycles. The van der Waals surface area contributed by atoms with Gasteiger partial charge in [0.15, 0.2) is 17.5 Å². The summed E-state index contributed by atoms with van der Waals surface area (Å²) < 4.78 is 39.7. The summed E-state index contributed by atoms with van der Waals surface area (Å²) in [7, 11) is 1.84. The van der Waals surface area contributed by atoms with E-state index in [-0.39, 0.29) is 35.5 Å². The molecule has 0 bridgehead atoms. The minimum atomic E-state index is -1.57. The molecule has 1 fully saturated rings. The molecule has 1 aromatic heterocycles. The molecule has 0 radical (unpaired) electrons. The van der Waals surface area contributed by atoms with Gasteiger partial charge in [0.25, 0.3) is 0 Å². The van der Waals surface area contributed by atoms with Gasteiger partial charge in [-0.1, -0.05) is 0 Å². The Morgan fingerprint density at radius 1 is 1.19 bits per heavy atom. The molecule has 1 aromatic carbocycles. The number of aromatic nitrogens is 1. The number of benzene rings is 1. The Morgan fingerprint density at radius 2 is 1.84 bits per heavy atom. The van der Waals surface area contributed by atoms with Crippen molar-refractivity contribution in [1.29, 1.82) is 0 Å². The molecule has 7 nitrogen and oxygen atoms in total. The molecule has 0 spiro atoms. The number of hydrogen-bond acceptors (Lipinski definition) is 5. The van der Waals surface area contributed by atoms with Gasteiger partial charge in [-0.3, -0.25) is 9.59 Å². The largest absolute Gasteiger partial charge is 0.367 e. The topological polar surface area (TPSA) is 86.4 Å². The molecular formula is C21H22F3N5O2. The predicted molar refractivity (Wildman–Crippen MR) is 111 cm³/mol. The highest BCUT2D eigenvalue weighted by Gasteiger charge is 2.35. The van der Waals surface area contributed by atoms with E-state index in [1.54, 1.807) is 0 Å². The van der Waals surface area contributed by atoms with Crippen LogP contribution in [-0.4, -0.2) is 35.9 Å². The SMILES string of the molecule is Cc1nc(NC2CC(C(=O)Nc3cc(F)c(F)c(F)c3)C2)cc2c1NC(=O)[C@H](C)N2C. The Balaban J connectivity index is 1.38. The normalized spacial score (nSPS) is 22.3. The van der Waals surface area contributed by atoms with Gasteiger partial charge >= 0.3 is 0 Å². The molecule has 10 heteroatoms. The number of hydrogen-bond donors (Lipinski definition) is 3. The summed E-state index contributed by atoms with van der Waals surface area (Å²) in [5, 5.41) is 8.59. The third-order valence-corrected chi connectivity index (χ3v) is 5.88. The number of nitrogens with one attached hydrogen (secondary N) is 3. The molecule has 0 saturated heterocycles.